The van der Waals surface area contributed by atoms with Crippen LogP contribution in [0.1, 0.15) is 38.8 Å². The van der Waals surface area contributed by atoms with Crippen molar-refractivity contribution in [3.8, 4) is 0 Å². The molecule has 0 saturated heterocycles. The SMILES string of the molecule is CCOC(=O)c1ccc(NS(=O)(=O)c2ccc(C)c(C(=O)Nc3cccc(C(F)(F)F)c3)c2)cc1. The lowest BCUT2D eigenvalue weighted by Gasteiger charge is -2.13. The topological polar surface area (TPSA) is 102 Å². The van der Waals surface area contributed by atoms with Gasteiger partial charge in [-0.1, -0.05) is 12.1 Å². The molecule has 2 N–H and O–H groups in total. The fraction of sp³-hybridized carbons (Fsp3) is 0.167. The van der Waals surface area contributed by atoms with Crippen LogP contribution in [0.25, 0.3) is 0 Å². The molecule has 7 nitrogen and oxygen atoms in total. The summed E-state index contributed by atoms with van der Waals surface area (Å²) in [6.45, 7) is 3.43. The van der Waals surface area contributed by atoms with Gasteiger partial charge in [0.1, 0.15) is 0 Å². The Kier molecular flexibility index (Phi) is 7.49. The van der Waals surface area contributed by atoms with Crippen molar-refractivity contribution in [3.05, 3.63) is 89.0 Å². The predicted molar refractivity (Wildman–Crippen MR) is 124 cm³/mol. The lowest BCUT2D eigenvalue weighted by molar-refractivity contribution is -0.137. The van der Waals surface area contributed by atoms with E-state index in [0.717, 1.165) is 24.3 Å². The van der Waals surface area contributed by atoms with Crippen LogP contribution in [0.15, 0.2) is 71.6 Å². The number of hydrogen-bond acceptors (Lipinski definition) is 5. The van der Waals surface area contributed by atoms with Crippen molar-refractivity contribution < 1.29 is 35.9 Å². The molecule has 3 aromatic carbocycles. The van der Waals surface area contributed by atoms with Gasteiger partial charge in [0.2, 0.25) is 0 Å². The minimum atomic E-state index is -4.58. The number of carbonyl (C=O) groups excluding carboxylic acids is 2. The predicted octanol–water partition coefficient (Wildman–Crippen LogP) is 5.24. The molecular formula is C24H21F3N2O5S. The second kappa shape index (κ2) is 10.2. The maximum atomic E-state index is 12.9. The largest absolute Gasteiger partial charge is 0.462 e. The summed E-state index contributed by atoms with van der Waals surface area (Å²) < 4.78 is 71.8. The third-order valence-electron chi connectivity index (χ3n) is 4.86. The van der Waals surface area contributed by atoms with Crippen LogP contribution in [-0.4, -0.2) is 26.9 Å². The standard InChI is InChI=1S/C24H21F3N2O5S/c1-3-34-23(31)16-8-10-18(11-9-16)29-35(32,33)20-12-7-15(2)21(14-20)22(30)28-19-6-4-5-17(13-19)24(25,26)27/h4-14,29H,3H2,1-2H3,(H,28,30). The summed E-state index contributed by atoms with van der Waals surface area (Å²) in [6.07, 6.45) is -4.58. The van der Waals surface area contributed by atoms with E-state index in [4.69, 9.17) is 4.74 Å². The van der Waals surface area contributed by atoms with Crippen molar-refractivity contribution in [1.82, 2.24) is 0 Å². The summed E-state index contributed by atoms with van der Waals surface area (Å²) in [7, 11) is -4.12. The normalized spacial score (nSPS) is 11.6. The molecule has 0 fully saturated rings. The Labute approximate surface area is 200 Å². The van der Waals surface area contributed by atoms with Gasteiger partial charge in [-0.05, 0) is 74.0 Å². The van der Waals surface area contributed by atoms with Crippen LogP contribution in [0.4, 0.5) is 24.5 Å². The summed E-state index contributed by atoms with van der Waals surface area (Å²) in [5.74, 6) is -1.31. The molecule has 1 amide bonds. The first-order valence-corrected chi connectivity index (χ1v) is 11.8. The number of anilines is 2. The molecule has 0 spiro atoms. The molecule has 0 saturated carbocycles. The van der Waals surface area contributed by atoms with Crippen molar-refractivity contribution in [2.45, 2.75) is 24.9 Å². The molecule has 0 radical (unpaired) electrons. The third-order valence-corrected chi connectivity index (χ3v) is 6.24. The van der Waals surface area contributed by atoms with Gasteiger partial charge in [-0.2, -0.15) is 13.2 Å². The zero-order chi connectivity index (χ0) is 25.8. The second-order valence-electron chi connectivity index (χ2n) is 7.41. The minimum absolute atomic E-state index is 0.0251. The van der Waals surface area contributed by atoms with Gasteiger partial charge in [0.15, 0.2) is 0 Å². The lowest BCUT2D eigenvalue weighted by atomic mass is 10.1. The molecule has 3 aromatic rings. The first-order chi connectivity index (χ1) is 16.4. The highest BCUT2D eigenvalue weighted by Crippen LogP contribution is 2.31. The molecule has 35 heavy (non-hydrogen) atoms. The summed E-state index contributed by atoms with van der Waals surface area (Å²) in [4.78, 5) is 24.2. The molecule has 184 valence electrons. The first kappa shape index (κ1) is 25.8. The number of ether oxygens (including phenoxy) is 1. The number of benzene rings is 3. The number of halogens is 3. The van der Waals surface area contributed by atoms with Gasteiger partial charge in [-0.3, -0.25) is 9.52 Å². The average Bonchev–Trinajstić information content (AvgIpc) is 2.79. The highest BCUT2D eigenvalue weighted by atomic mass is 32.2. The highest BCUT2D eigenvalue weighted by molar-refractivity contribution is 7.92. The minimum Gasteiger partial charge on any atom is -0.462 e. The molecule has 11 heteroatoms. The molecule has 0 aliphatic carbocycles. The van der Waals surface area contributed by atoms with Crippen molar-refractivity contribution in [2.75, 3.05) is 16.6 Å². The van der Waals surface area contributed by atoms with Gasteiger partial charge in [0, 0.05) is 16.9 Å². The Hall–Kier alpha value is -3.86. The summed E-state index contributed by atoms with van der Waals surface area (Å²) >= 11 is 0. The van der Waals surface area contributed by atoms with Crippen molar-refractivity contribution in [1.29, 1.82) is 0 Å². The van der Waals surface area contributed by atoms with Gasteiger partial charge in [-0.15, -0.1) is 0 Å². The van der Waals surface area contributed by atoms with Crippen LogP contribution >= 0.6 is 0 Å². The molecule has 0 heterocycles. The maximum absolute atomic E-state index is 12.9. The Balaban J connectivity index is 1.81. The Morgan fingerprint density at radius 3 is 2.26 bits per heavy atom. The molecule has 3 rings (SSSR count). The van der Waals surface area contributed by atoms with E-state index in [1.807, 2.05) is 0 Å². The fourth-order valence-electron chi connectivity index (χ4n) is 3.09. The van der Waals surface area contributed by atoms with Crippen LogP contribution < -0.4 is 10.0 Å². The number of nitrogens with one attached hydrogen (secondary N) is 2. The van der Waals surface area contributed by atoms with Crippen LogP contribution in [0, 0.1) is 6.92 Å². The Bertz CT molecular complexity index is 1350. The third kappa shape index (κ3) is 6.38. The van der Waals surface area contributed by atoms with E-state index in [9.17, 15) is 31.2 Å². The Morgan fingerprint density at radius 1 is 0.943 bits per heavy atom. The first-order valence-electron chi connectivity index (χ1n) is 10.3. The van der Waals surface area contributed by atoms with Gasteiger partial charge in [0.25, 0.3) is 15.9 Å². The van der Waals surface area contributed by atoms with Crippen LogP contribution in [0.5, 0.6) is 0 Å². The van der Waals surface area contributed by atoms with E-state index in [-0.39, 0.29) is 34.0 Å². The molecule has 0 aliphatic heterocycles. The van der Waals surface area contributed by atoms with Crippen LogP contribution in [-0.2, 0) is 20.9 Å². The van der Waals surface area contributed by atoms with Crippen molar-refractivity contribution >= 4 is 33.3 Å². The van der Waals surface area contributed by atoms with Gasteiger partial charge in [-0.25, -0.2) is 13.2 Å². The van der Waals surface area contributed by atoms with Gasteiger partial charge in [0.05, 0.1) is 22.6 Å². The smallest absolute Gasteiger partial charge is 0.416 e. The summed E-state index contributed by atoms with van der Waals surface area (Å²) in [5.41, 5.74) is -0.193. The second-order valence-corrected chi connectivity index (χ2v) is 9.10. The van der Waals surface area contributed by atoms with E-state index >= 15 is 0 Å². The maximum Gasteiger partial charge on any atom is 0.416 e. The highest BCUT2D eigenvalue weighted by Gasteiger charge is 2.30. The zero-order valence-corrected chi connectivity index (χ0v) is 19.5. The molecule has 0 aromatic heterocycles. The molecule has 0 atom stereocenters. The van der Waals surface area contributed by atoms with Crippen molar-refractivity contribution in [3.63, 3.8) is 0 Å². The number of hydrogen-bond donors (Lipinski definition) is 2. The molecule has 0 unspecified atom stereocenters. The summed E-state index contributed by atoms with van der Waals surface area (Å²) in [6, 6.07) is 13.5. The van der Waals surface area contributed by atoms with Crippen LogP contribution in [0.2, 0.25) is 0 Å². The number of sulfonamides is 1. The average molecular weight is 507 g/mol. The van der Waals surface area contributed by atoms with E-state index < -0.39 is 33.6 Å². The Morgan fingerprint density at radius 2 is 1.63 bits per heavy atom. The van der Waals surface area contributed by atoms with Gasteiger partial charge < -0.3 is 10.1 Å². The molecule has 0 bridgehead atoms. The van der Waals surface area contributed by atoms with E-state index in [1.54, 1.807) is 13.8 Å². The number of rotatable bonds is 7. The molecular weight excluding hydrogens is 485 g/mol. The lowest BCUT2D eigenvalue weighted by Crippen LogP contribution is -2.17. The number of aryl methyl sites for hydroxylation is 1. The van der Waals surface area contributed by atoms with Crippen molar-refractivity contribution in [2.24, 2.45) is 0 Å². The number of carbonyl (C=O) groups is 2. The monoisotopic (exact) mass is 506 g/mol. The quantitative estimate of drug-likeness (QED) is 0.427. The number of amides is 1. The number of alkyl halides is 3. The van der Waals surface area contributed by atoms with E-state index in [0.29, 0.717) is 5.56 Å². The van der Waals surface area contributed by atoms with Crippen LogP contribution in [0.3, 0.4) is 0 Å². The number of esters is 1. The molecule has 0 aliphatic rings. The van der Waals surface area contributed by atoms with E-state index in [2.05, 4.69) is 10.0 Å². The van der Waals surface area contributed by atoms with Gasteiger partial charge >= 0.3 is 12.1 Å². The van der Waals surface area contributed by atoms with E-state index in [1.165, 1.54) is 42.5 Å². The zero-order valence-electron chi connectivity index (χ0n) is 18.6. The fourth-order valence-corrected chi connectivity index (χ4v) is 4.17. The summed E-state index contributed by atoms with van der Waals surface area (Å²) in [5, 5.41) is 2.37.